The number of hydrogen-bond acceptors (Lipinski definition) is 5. The second-order valence-corrected chi connectivity index (χ2v) is 8.32. The lowest BCUT2D eigenvalue weighted by Gasteiger charge is -2.20. The van der Waals surface area contributed by atoms with E-state index in [4.69, 9.17) is 4.74 Å². The molecule has 0 heterocycles. The van der Waals surface area contributed by atoms with E-state index in [1.807, 2.05) is 6.92 Å². The van der Waals surface area contributed by atoms with Gasteiger partial charge >= 0.3 is 0 Å². The smallest absolute Gasteiger partial charge is 0.253 e. The molecule has 0 saturated carbocycles. The fraction of sp³-hybridized carbons (Fsp3) is 0.632. The van der Waals surface area contributed by atoms with Crippen molar-refractivity contribution >= 4 is 21.6 Å². The number of nitrogens with zero attached hydrogens (tertiary/aromatic N) is 1. The van der Waals surface area contributed by atoms with Crippen LogP contribution >= 0.6 is 0 Å². The van der Waals surface area contributed by atoms with Crippen molar-refractivity contribution in [2.24, 2.45) is 0 Å². The molecular weight excluding hydrogens is 366 g/mol. The Hall–Kier alpha value is -1.64. The van der Waals surface area contributed by atoms with Crippen LogP contribution < -0.4 is 10.6 Å². The molecule has 0 aliphatic heterocycles. The van der Waals surface area contributed by atoms with Crippen molar-refractivity contribution in [2.45, 2.75) is 51.5 Å². The molecule has 0 spiro atoms. The number of anilines is 1. The molecule has 0 aromatic heterocycles. The van der Waals surface area contributed by atoms with Crippen molar-refractivity contribution in [1.29, 1.82) is 0 Å². The summed E-state index contributed by atoms with van der Waals surface area (Å²) in [5, 5.41) is 6.09. The molecule has 27 heavy (non-hydrogen) atoms. The summed E-state index contributed by atoms with van der Waals surface area (Å²) >= 11 is 0. The van der Waals surface area contributed by atoms with Gasteiger partial charge in [-0.25, -0.2) is 8.42 Å². The Labute approximate surface area is 163 Å². The highest BCUT2D eigenvalue weighted by molar-refractivity contribution is 7.89. The van der Waals surface area contributed by atoms with Gasteiger partial charge in [0.1, 0.15) is 0 Å². The van der Waals surface area contributed by atoms with Crippen LogP contribution in [0.2, 0.25) is 0 Å². The number of methoxy groups -OCH3 is 1. The number of sulfonamides is 1. The van der Waals surface area contributed by atoms with Gasteiger partial charge in [0.25, 0.3) is 5.91 Å². The molecule has 1 rings (SSSR count). The van der Waals surface area contributed by atoms with E-state index >= 15 is 0 Å². The number of benzene rings is 1. The molecule has 0 saturated heterocycles. The lowest BCUT2D eigenvalue weighted by atomic mass is 10.1. The van der Waals surface area contributed by atoms with Crippen LogP contribution in [0.3, 0.4) is 0 Å². The van der Waals surface area contributed by atoms with E-state index < -0.39 is 10.0 Å². The lowest BCUT2D eigenvalue weighted by molar-refractivity contribution is 0.0939. The van der Waals surface area contributed by atoms with Crippen LogP contribution in [0.25, 0.3) is 0 Å². The predicted molar refractivity (Wildman–Crippen MR) is 109 cm³/mol. The first-order valence-corrected chi connectivity index (χ1v) is 10.9. The van der Waals surface area contributed by atoms with Crippen molar-refractivity contribution < 1.29 is 17.9 Å². The van der Waals surface area contributed by atoms with E-state index in [1.165, 1.54) is 16.4 Å². The molecule has 0 radical (unpaired) electrons. The minimum atomic E-state index is -3.64. The summed E-state index contributed by atoms with van der Waals surface area (Å²) < 4.78 is 32.0. The maximum absolute atomic E-state index is 12.8. The van der Waals surface area contributed by atoms with Crippen molar-refractivity contribution in [3.05, 3.63) is 23.8 Å². The van der Waals surface area contributed by atoms with Gasteiger partial charge in [0, 0.05) is 38.5 Å². The summed E-state index contributed by atoms with van der Waals surface area (Å²) in [5.41, 5.74) is 0.911. The van der Waals surface area contributed by atoms with E-state index in [9.17, 15) is 13.2 Å². The fourth-order valence-electron chi connectivity index (χ4n) is 2.83. The molecule has 0 fully saturated rings. The zero-order valence-corrected chi connectivity index (χ0v) is 17.9. The van der Waals surface area contributed by atoms with Crippen LogP contribution in [0.1, 0.15) is 50.9 Å². The number of nitrogens with one attached hydrogen (secondary N) is 2. The highest BCUT2D eigenvalue weighted by atomic mass is 32.2. The van der Waals surface area contributed by atoms with Gasteiger partial charge in [-0.3, -0.25) is 4.79 Å². The van der Waals surface area contributed by atoms with Crippen molar-refractivity contribution in [1.82, 2.24) is 9.62 Å². The fourth-order valence-corrected chi connectivity index (χ4v) is 4.32. The molecular formula is C19H33N3O4S. The Morgan fingerprint density at radius 3 is 2.44 bits per heavy atom. The molecule has 0 aliphatic rings. The monoisotopic (exact) mass is 399 g/mol. The van der Waals surface area contributed by atoms with E-state index in [0.717, 1.165) is 12.8 Å². The quantitative estimate of drug-likeness (QED) is 0.528. The van der Waals surface area contributed by atoms with Crippen molar-refractivity contribution in [3.63, 3.8) is 0 Å². The van der Waals surface area contributed by atoms with Crippen molar-refractivity contribution in [3.8, 4) is 0 Å². The van der Waals surface area contributed by atoms with Gasteiger partial charge in [0.15, 0.2) is 0 Å². The van der Waals surface area contributed by atoms with Gasteiger partial charge in [0.05, 0.1) is 17.1 Å². The molecule has 0 bridgehead atoms. The highest BCUT2D eigenvalue weighted by Crippen LogP contribution is 2.23. The molecule has 7 nitrogen and oxygen atoms in total. The lowest BCUT2D eigenvalue weighted by Crippen LogP contribution is -2.34. The minimum absolute atomic E-state index is 0.0115. The second kappa shape index (κ2) is 11.3. The summed E-state index contributed by atoms with van der Waals surface area (Å²) in [6.07, 6.45) is 1.81. The third kappa shape index (κ3) is 6.48. The predicted octanol–water partition coefficient (Wildman–Crippen LogP) is 2.69. The zero-order valence-electron chi connectivity index (χ0n) is 17.0. The molecule has 154 valence electrons. The zero-order chi connectivity index (χ0) is 20.4. The Morgan fingerprint density at radius 1 is 1.22 bits per heavy atom. The number of carbonyl (C=O) groups is 1. The maximum atomic E-state index is 12.8. The molecule has 1 aromatic rings. The van der Waals surface area contributed by atoms with Crippen LogP contribution in [-0.2, 0) is 14.8 Å². The SMILES string of the molecule is CCC[C@H](C)NC(=O)c1cc(S(=O)(=O)N(CC)CC)ccc1NCCOC. The maximum Gasteiger partial charge on any atom is 0.253 e. The molecule has 1 atom stereocenters. The van der Waals surface area contributed by atoms with Gasteiger partial charge in [-0.2, -0.15) is 4.31 Å². The van der Waals surface area contributed by atoms with Crippen LogP contribution in [0.15, 0.2) is 23.1 Å². The van der Waals surface area contributed by atoms with E-state index in [1.54, 1.807) is 27.0 Å². The molecule has 0 aliphatic carbocycles. The van der Waals surface area contributed by atoms with Crippen molar-refractivity contribution in [2.75, 3.05) is 38.7 Å². The topological polar surface area (TPSA) is 87.7 Å². The Bertz CT molecular complexity index is 703. The first-order valence-electron chi connectivity index (χ1n) is 9.49. The average Bonchev–Trinajstić information content (AvgIpc) is 2.62. The van der Waals surface area contributed by atoms with E-state index in [-0.39, 0.29) is 16.8 Å². The third-order valence-corrected chi connectivity index (χ3v) is 6.35. The normalized spacial score (nSPS) is 12.8. The Kier molecular flexibility index (Phi) is 9.76. The number of carbonyl (C=O) groups excluding carboxylic acids is 1. The number of hydrogen-bond donors (Lipinski definition) is 2. The summed E-state index contributed by atoms with van der Waals surface area (Å²) in [6.45, 7) is 9.33. The third-order valence-electron chi connectivity index (χ3n) is 4.30. The number of rotatable bonds is 12. The first-order chi connectivity index (χ1) is 12.8. The molecule has 8 heteroatoms. The minimum Gasteiger partial charge on any atom is -0.383 e. The van der Waals surface area contributed by atoms with Crippen LogP contribution in [-0.4, -0.2) is 58.0 Å². The summed E-state index contributed by atoms with van der Waals surface area (Å²) in [5.74, 6) is -0.285. The summed E-state index contributed by atoms with van der Waals surface area (Å²) in [7, 11) is -2.04. The van der Waals surface area contributed by atoms with E-state index in [2.05, 4.69) is 17.6 Å². The summed E-state index contributed by atoms with van der Waals surface area (Å²) in [4.78, 5) is 12.9. The largest absolute Gasteiger partial charge is 0.383 e. The number of amides is 1. The average molecular weight is 400 g/mol. The second-order valence-electron chi connectivity index (χ2n) is 6.38. The first kappa shape index (κ1) is 23.4. The van der Waals surface area contributed by atoms with Gasteiger partial charge in [-0.1, -0.05) is 27.2 Å². The van der Waals surface area contributed by atoms with Crippen LogP contribution in [0.5, 0.6) is 0 Å². The molecule has 2 N–H and O–H groups in total. The highest BCUT2D eigenvalue weighted by Gasteiger charge is 2.24. The van der Waals surface area contributed by atoms with Gasteiger partial charge < -0.3 is 15.4 Å². The molecule has 0 unspecified atom stereocenters. The van der Waals surface area contributed by atoms with Gasteiger partial charge in [0.2, 0.25) is 10.0 Å². The standard InChI is InChI=1S/C19H33N3O4S/c1-6-9-15(4)21-19(23)17-14-16(27(24,25)22(7-2)8-3)10-11-18(17)20-12-13-26-5/h10-11,14-15,20H,6-9,12-13H2,1-5H3,(H,21,23)/t15-/m0/s1. The van der Waals surface area contributed by atoms with E-state index in [0.29, 0.717) is 37.5 Å². The Morgan fingerprint density at radius 2 is 1.89 bits per heavy atom. The van der Waals surface area contributed by atoms with Gasteiger partial charge in [-0.15, -0.1) is 0 Å². The van der Waals surface area contributed by atoms with Gasteiger partial charge in [-0.05, 0) is 31.5 Å². The summed E-state index contributed by atoms with van der Waals surface area (Å²) in [6, 6.07) is 4.65. The Balaban J connectivity index is 3.26. The molecule has 1 aromatic carbocycles. The molecule has 1 amide bonds. The van der Waals surface area contributed by atoms with Crippen LogP contribution in [0, 0.1) is 0 Å². The number of ether oxygens (including phenoxy) is 1. The van der Waals surface area contributed by atoms with Crippen LogP contribution in [0.4, 0.5) is 5.69 Å².